The van der Waals surface area contributed by atoms with E-state index in [1.807, 2.05) is 13.8 Å². The van der Waals surface area contributed by atoms with Crippen LogP contribution in [0.25, 0.3) is 0 Å². The van der Waals surface area contributed by atoms with Crippen molar-refractivity contribution in [1.29, 1.82) is 0 Å². The fraction of sp³-hybridized carbons (Fsp3) is 0.800. The second-order valence-corrected chi connectivity index (χ2v) is 4.67. The van der Waals surface area contributed by atoms with Gasteiger partial charge in [-0.05, 0) is 13.8 Å². The minimum atomic E-state index is -0.206. The van der Waals surface area contributed by atoms with Gasteiger partial charge in [0.15, 0.2) is 0 Å². The summed E-state index contributed by atoms with van der Waals surface area (Å²) in [5, 5.41) is 5.76. The van der Waals surface area contributed by atoms with Gasteiger partial charge >= 0.3 is 12.1 Å². The topological polar surface area (TPSA) is 64.7 Å². The number of rotatable bonds is 0. The lowest BCUT2D eigenvalue weighted by atomic mass is 9.86. The van der Waals surface area contributed by atoms with Gasteiger partial charge < -0.3 is 20.4 Å². The summed E-state index contributed by atoms with van der Waals surface area (Å²) in [5.41, 5.74) is 0. The number of hydrogen-bond acceptors (Lipinski definition) is 2. The summed E-state index contributed by atoms with van der Waals surface area (Å²) < 4.78 is 0. The fourth-order valence-electron chi connectivity index (χ4n) is 2.60. The molecule has 2 aliphatic rings. The van der Waals surface area contributed by atoms with Crippen molar-refractivity contribution in [2.45, 2.75) is 32.1 Å². The van der Waals surface area contributed by atoms with Gasteiger partial charge in [0.05, 0.1) is 0 Å². The molecular formula is C10H18N4O2. The molecule has 0 spiro atoms. The van der Waals surface area contributed by atoms with Gasteiger partial charge in [0.1, 0.15) is 6.17 Å². The van der Waals surface area contributed by atoms with Crippen molar-refractivity contribution in [1.82, 2.24) is 20.4 Å². The average Bonchev–Trinajstić information content (AvgIpc) is 2.22. The van der Waals surface area contributed by atoms with Crippen molar-refractivity contribution in [3.63, 3.8) is 0 Å². The third-order valence-corrected chi connectivity index (χ3v) is 3.79. The van der Waals surface area contributed by atoms with Crippen LogP contribution in [-0.4, -0.2) is 54.2 Å². The van der Waals surface area contributed by atoms with Crippen molar-refractivity contribution >= 4 is 12.1 Å². The van der Waals surface area contributed by atoms with Gasteiger partial charge in [0.2, 0.25) is 0 Å². The Morgan fingerprint density at radius 2 is 1.56 bits per heavy atom. The van der Waals surface area contributed by atoms with Crippen molar-refractivity contribution in [3.05, 3.63) is 0 Å². The van der Waals surface area contributed by atoms with Crippen LogP contribution in [0.15, 0.2) is 0 Å². The Hall–Kier alpha value is -1.46. The van der Waals surface area contributed by atoms with Crippen molar-refractivity contribution in [2.24, 2.45) is 5.92 Å². The molecule has 6 nitrogen and oxygen atoms in total. The van der Waals surface area contributed by atoms with E-state index >= 15 is 0 Å². The Morgan fingerprint density at radius 3 is 2.19 bits per heavy atom. The molecule has 2 fully saturated rings. The van der Waals surface area contributed by atoms with Crippen LogP contribution in [0.2, 0.25) is 0 Å². The van der Waals surface area contributed by atoms with E-state index in [1.165, 1.54) is 0 Å². The van der Waals surface area contributed by atoms with Gasteiger partial charge in [-0.3, -0.25) is 0 Å². The van der Waals surface area contributed by atoms with Gasteiger partial charge in [0, 0.05) is 32.1 Å². The number of carbonyl (C=O) groups is 2. The zero-order valence-electron chi connectivity index (χ0n) is 10.0. The van der Waals surface area contributed by atoms with E-state index in [1.54, 1.807) is 23.9 Å². The molecule has 16 heavy (non-hydrogen) atoms. The van der Waals surface area contributed by atoms with Crippen LogP contribution in [0, 0.1) is 5.92 Å². The molecule has 0 bridgehead atoms. The lowest BCUT2D eigenvalue weighted by molar-refractivity contribution is 0.0318. The number of carbonyl (C=O) groups excluding carboxylic acids is 2. The molecule has 2 heterocycles. The molecule has 4 atom stereocenters. The smallest absolute Gasteiger partial charge is 0.319 e. The zero-order valence-corrected chi connectivity index (χ0v) is 10.0. The molecule has 2 saturated heterocycles. The maximum Gasteiger partial charge on any atom is 0.319 e. The highest BCUT2D eigenvalue weighted by Gasteiger charge is 2.47. The minimum absolute atomic E-state index is 0.0618. The highest BCUT2D eigenvalue weighted by molar-refractivity contribution is 5.80. The Balaban J connectivity index is 2.29. The molecule has 0 aromatic rings. The Labute approximate surface area is 95.0 Å². The Morgan fingerprint density at radius 1 is 1.00 bits per heavy atom. The summed E-state index contributed by atoms with van der Waals surface area (Å²) in [6.07, 6.45) is -0.206. The maximum absolute atomic E-state index is 11.7. The molecule has 4 unspecified atom stereocenters. The van der Waals surface area contributed by atoms with Crippen LogP contribution in [0.5, 0.6) is 0 Å². The van der Waals surface area contributed by atoms with Gasteiger partial charge in [0.25, 0.3) is 0 Å². The van der Waals surface area contributed by atoms with Crippen LogP contribution in [0.1, 0.15) is 13.8 Å². The predicted molar refractivity (Wildman–Crippen MR) is 58.8 cm³/mol. The van der Waals surface area contributed by atoms with Crippen molar-refractivity contribution in [2.75, 3.05) is 14.1 Å². The monoisotopic (exact) mass is 226 g/mol. The Bertz CT molecular complexity index is 333. The predicted octanol–water partition coefficient (Wildman–Crippen LogP) is 0.0157. The van der Waals surface area contributed by atoms with Gasteiger partial charge in [-0.15, -0.1) is 0 Å². The van der Waals surface area contributed by atoms with Gasteiger partial charge in [-0.1, -0.05) is 0 Å². The van der Waals surface area contributed by atoms with E-state index in [0.717, 1.165) is 0 Å². The number of nitrogens with one attached hydrogen (secondary N) is 2. The van der Waals surface area contributed by atoms with E-state index in [9.17, 15) is 9.59 Å². The van der Waals surface area contributed by atoms with Gasteiger partial charge in [-0.2, -0.15) is 0 Å². The largest absolute Gasteiger partial charge is 0.335 e. The molecule has 2 rings (SSSR count). The molecule has 0 radical (unpaired) electrons. The molecule has 6 heteroatoms. The first-order valence-electron chi connectivity index (χ1n) is 5.50. The van der Waals surface area contributed by atoms with Crippen molar-refractivity contribution < 1.29 is 9.59 Å². The first-order valence-corrected chi connectivity index (χ1v) is 5.50. The summed E-state index contributed by atoms with van der Waals surface area (Å²) in [6.45, 7) is 3.99. The number of urea groups is 2. The van der Waals surface area contributed by atoms with E-state index < -0.39 is 0 Å². The molecule has 2 N–H and O–H groups in total. The minimum Gasteiger partial charge on any atom is -0.335 e. The molecular weight excluding hydrogens is 208 g/mol. The normalized spacial score (nSPS) is 39.0. The molecule has 0 aliphatic carbocycles. The second kappa shape index (κ2) is 3.54. The number of fused-ring (bicyclic) bond motifs is 1. The fourth-order valence-corrected chi connectivity index (χ4v) is 2.60. The van der Waals surface area contributed by atoms with Crippen LogP contribution >= 0.6 is 0 Å². The first-order chi connectivity index (χ1) is 7.43. The summed E-state index contributed by atoms with van der Waals surface area (Å²) in [7, 11) is 3.48. The van der Waals surface area contributed by atoms with Crippen molar-refractivity contribution in [3.8, 4) is 0 Å². The van der Waals surface area contributed by atoms with E-state index in [2.05, 4.69) is 10.6 Å². The first kappa shape index (κ1) is 11.0. The van der Waals surface area contributed by atoms with Crippen LogP contribution in [0.3, 0.4) is 0 Å². The van der Waals surface area contributed by atoms with E-state index in [0.29, 0.717) is 0 Å². The summed E-state index contributed by atoms with van der Waals surface area (Å²) >= 11 is 0. The lowest BCUT2D eigenvalue weighted by Gasteiger charge is -2.51. The number of amides is 4. The SMILES string of the molecule is CC1NC(=O)N(C)C2NC(=O)N(C)C(C)C12. The zero-order chi connectivity index (χ0) is 12.0. The molecule has 4 amide bonds. The second-order valence-electron chi connectivity index (χ2n) is 4.67. The van der Waals surface area contributed by atoms with Crippen LogP contribution < -0.4 is 10.6 Å². The quantitative estimate of drug-likeness (QED) is 0.611. The number of nitrogens with zero attached hydrogens (tertiary/aromatic N) is 2. The molecule has 0 saturated carbocycles. The molecule has 0 aromatic heterocycles. The van der Waals surface area contributed by atoms with Gasteiger partial charge in [-0.25, -0.2) is 9.59 Å². The summed E-state index contributed by atoms with van der Waals surface area (Å²) in [6, 6.07) is -0.0862. The van der Waals surface area contributed by atoms with Crippen LogP contribution in [-0.2, 0) is 0 Å². The average molecular weight is 226 g/mol. The summed E-state index contributed by atoms with van der Waals surface area (Å²) in [5.74, 6) is 0.199. The van der Waals surface area contributed by atoms with Crippen LogP contribution in [0.4, 0.5) is 9.59 Å². The lowest BCUT2D eigenvalue weighted by Crippen LogP contribution is -2.73. The standard InChI is InChI=1S/C10H18N4O2/c1-5-7-6(2)13(3)10(16)12-8(7)14(4)9(15)11-5/h5-8H,1-4H3,(H,11,15)(H,12,16). The maximum atomic E-state index is 11.7. The Kier molecular flexibility index (Phi) is 2.44. The molecule has 2 aliphatic heterocycles. The van der Waals surface area contributed by atoms with E-state index in [-0.39, 0.29) is 36.2 Å². The third-order valence-electron chi connectivity index (χ3n) is 3.79. The summed E-state index contributed by atoms with van der Waals surface area (Å²) in [4.78, 5) is 26.5. The highest BCUT2D eigenvalue weighted by atomic mass is 16.2. The third kappa shape index (κ3) is 1.40. The van der Waals surface area contributed by atoms with E-state index in [4.69, 9.17) is 0 Å². The molecule has 90 valence electrons. The number of hydrogen-bond donors (Lipinski definition) is 2. The highest BCUT2D eigenvalue weighted by Crippen LogP contribution is 2.27. The molecule has 0 aromatic carbocycles.